The average Bonchev–Trinajstić information content (AvgIpc) is 2.40. The van der Waals surface area contributed by atoms with Crippen LogP contribution in [0.4, 0.5) is 5.69 Å². The summed E-state index contributed by atoms with van der Waals surface area (Å²) in [6, 6.07) is 6.77. The second-order valence-electron chi connectivity index (χ2n) is 3.98. The Morgan fingerprint density at radius 1 is 1.10 bits per heavy atom. The van der Waals surface area contributed by atoms with Gasteiger partial charge in [-0.15, -0.1) is 0 Å². The minimum Gasteiger partial charge on any atom is -0.480 e. The normalized spacial score (nSPS) is 9.85. The van der Waals surface area contributed by atoms with Gasteiger partial charge in [0.15, 0.2) is 0 Å². The minimum atomic E-state index is -1.13. The number of likely N-dealkylation sites (N-methyl/N-ethyl adjacent to an activating group) is 1. The van der Waals surface area contributed by atoms with Gasteiger partial charge in [0, 0.05) is 12.7 Å². The van der Waals surface area contributed by atoms with Crippen molar-refractivity contribution in [3.63, 3.8) is 0 Å². The van der Waals surface area contributed by atoms with E-state index in [4.69, 9.17) is 5.11 Å². The molecule has 0 aliphatic carbocycles. The third kappa shape index (κ3) is 5.96. The summed E-state index contributed by atoms with van der Waals surface area (Å²) in [6.45, 7) is -0.842. The molecule has 0 aromatic heterocycles. The van der Waals surface area contributed by atoms with Crippen molar-refractivity contribution < 1.29 is 24.2 Å². The number of carbonyl (C=O) groups is 3. The number of carboxylic acids is 1. The molecule has 1 rings (SSSR count). The van der Waals surface area contributed by atoms with E-state index in [2.05, 4.69) is 15.4 Å². The second kappa shape index (κ2) is 7.90. The molecule has 0 saturated heterocycles. The number of amides is 2. The van der Waals surface area contributed by atoms with Gasteiger partial charge in [-0.25, -0.2) is 4.79 Å². The fourth-order valence-corrected chi connectivity index (χ4v) is 1.41. The number of carbonyl (C=O) groups excluding carboxylic acids is 2. The zero-order valence-electron chi connectivity index (χ0n) is 11.0. The number of carboxylic acid groups (broad SMARTS) is 1. The molecule has 0 atom stereocenters. The highest BCUT2D eigenvalue weighted by Gasteiger charge is 2.05. The van der Waals surface area contributed by atoms with Gasteiger partial charge < -0.3 is 20.5 Å². The molecule has 0 unspecified atom stereocenters. The molecule has 0 aliphatic heterocycles. The summed E-state index contributed by atoms with van der Waals surface area (Å²) in [6.07, 6.45) is 0.270. The Kier molecular flexibility index (Phi) is 6.18. The number of rotatable bonds is 7. The van der Waals surface area contributed by atoms with E-state index < -0.39 is 18.5 Å². The summed E-state index contributed by atoms with van der Waals surface area (Å²) in [5.41, 5.74) is 1.37. The summed E-state index contributed by atoms with van der Waals surface area (Å²) in [5, 5.41) is 13.4. The zero-order valence-corrected chi connectivity index (χ0v) is 11.0. The monoisotopic (exact) mass is 280 g/mol. The number of aliphatic carboxylic acids is 1. The van der Waals surface area contributed by atoms with Gasteiger partial charge in [-0.1, -0.05) is 12.1 Å². The lowest BCUT2D eigenvalue weighted by Crippen LogP contribution is -2.21. The Balaban J connectivity index is 2.42. The summed E-state index contributed by atoms with van der Waals surface area (Å²) >= 11 is 0. The molecule has 7 nitrogen and oxygen atoms in total. The van der Waals surface area contributed by atoms with Gasteiger partial charge in [0.25, 0.3) is 0 Å². The van der Waals surface area contributed by atoms with E-state index in [9.17, 15) is 14.4 Å². The number of benzene rings is 1. The first-order valence-electron chi connectivity index (χ1n) is 5.90. The second-order valence-corrected chi connectivity index (χ2v) is 3.98. The van der Waals surface area contributed by atoms with Crippen molar-refractivity contribution in [3.05, 3.63) is 29.8 Å². The first kappa shape index (κ1) is 15.6. The topological polar surface area (TPSA) is 105 Å². The quantitative estimate of drug-likeness (QED) is 0.653. The van der Waals surface area contributed by atoms with Gasteiger partial charge in [0.05, 0.1) is 6.42 Å². The molecule has 2 amide bonds. The van der Waals surface area contributed by atoms with Crippen molar-refractivity contribution in [1.29, 1.82) is 0 Å². The van der Waals surface area contributed by atoms with Crippen molar-refractivity contribution in [3.8, 4) is 0 Å². The fraction of sp³-hybridized carbons (Fsp3) is 0.308. The van der Waals surface area contributed by atoms with E-state index in [1.54, 1.807) is 31.3 Å². The third-order valence-corrected chi connectivity index (χ3v) is 2.34. The van der Waals surface area contributed by atoms with Crippen LogP contribution in [0.25, 0.3) is 0 Å². The van der Waals surface area contributed by atoms with E-state index in [0.29, 0.717) is 5.69 Å². The molecule has 1 aromatic carbocycles. The molecule has 20 heavy (non-hydrogen) atoms. The summed E-state index contributed by atoms with van der Waals surface area (Å²) < 4.78 is 4.66. The van der Waals surface area contributed by atoms with E-state index in [-0.39, 0.29) is 18.9 Å². The molecule has 0 radical (unpaired) electrons. The summed E-state index contributed by atoms with van der Waals surface area (Å²) in [5.74, 6) is -1.66. The molecule has 1 aromatic rings. The van der Waals surface area contributed by atoms with Crippen LogP contribution in [-0.2, 0) is 25.5 Å². The van der Waals surface area contributed by atoms with Crippen molar-refractivity contribution in [2.24, 2.45) is 0 Å². The maximum Gasteiger partial charge on any atom is 0.329 e. The van der Waals surface area contributed by atoms with E-state index >= 15 is 0 Å². The summed E-state index contributed by atoms with van der Waals surface area (Å²) in [7, 11) is 1.56. The number of ether oxygens (including phenoxy) is 1. The lowest BCUT2D eigenvalue weighted by Gasteiger charge is -2.06. The zero-order chi connectivity index (χ0) is 15.0. The highest BCUT2D eigenvalue weighted by atomic mass is 16.5. The van der Waals surface area contributed by atoms with E-state index in [1.807, 2.05) is 0 Å². The smallest absolute Gasteiger partial charge is 0.329 e. The Labute approximate surface area is 115 Å². The summed E-state index contributed by atoms with van der Waals surface area (Å²) in [4.78, 5) is 32.8. The Bertz CT molecular complexity index is 484. The first-order valence-corrected chi connectivity index (χ1v) is 5.90. The van der Waals surface area contributed by atoms with Crippen LogP contribution in [0.15, 0.2) is 24.3 Å². The molecule has 0 heterocycles. The largest absolute Gasteiger partial charge is 0.480 e. The Morgan fingerprint density at radius 2 is 1.75 bits per heavy atom. The minimum absolute atomic E-state index is 0.0937. The maximum atomic E-state index is 11.4. The number of hydrogen-bond acceptors (Lipinski definition) is 4. The van der Waals surface area contributed by atoms with Crippen LogP contribution in [0.5, 0.6) is 0 Å². The predicted octanol–water partition coefficient (Wildman–Crippen LogP) is 0.0148. The molecule has 0 aliphatic rings. The molecule has 0 spiro atoms. The molecule has 3 N–H and O–H groups in total. The molecule has 7 heteroatoms. The number of nitrogens with one attached hydrogen (secondary N) is 2. The molecule has 0 saturated carbocycles. The number of anilines is 1. The van der Waals surface area contributed by atoms with Crippen LogP contribution in [0.1, 0.15) is 5.56 Å². The Morgan fingerprint density at radius 3 is 2.30 bits per heavy atom. The molecule has 0 fully saturated rings. The predicted molar refractivity (Wildman–Crippen MR) is 71.3 cm³/mol. The average molecular weight is 280 g/mol. The van der Waals surface area contributed by atoms with Crippen LogP contribution >= 0.6 is 0 Å². The van der Waals surface area contributed by atoms with Crippen LogP contribution in [-0.4, -0.2) is 43.2 Å². The lowest BCUT2D eigenvalue weighted by atomic mass is 10.1. The fourth-order valence-electron chi connectivity index (χ4n) is 1.41. The Hall–Kier alpha value is -2.41. The van der Waals surface area contributed by atoms with E-state index in [1.165, 1.54) is 0 Å². The van der Waals surface area contributed by atoms with Crippen molar-refractivity contribution >= 4 is 23.5 Å². The maximum absolute atomic E-state index is 11.4. The van der Waals surface area contributed by atoms with Gasteiger partial charge in [-0.3, -0.25) is 9.59 Å². The van der Waals surface area contributed by atoms with Crippen LogP contribution in [0.3, 0.4) is 0 Å². The van der Waals surface area contributed by atoms with E-state index in [0.717, 1.165) is 5.56 Å². The molecular formula is C13H16N2O5. The van der Waals surface area contributed by atoms with Gasteiger partial charge >= 0.3 is 5.97 Å². The third-order valence-electron chi connectivity index (χ3n) is 2.34. The van der Waals surface area contributed by atoms with Crippen molar-refractivity contribution in [2.75, 3.05) is 25.6 Å². The van der Waals surface area contributed by atoms with Gasteiger partial charge in [0.2, 0.25) is 11.8 Å². The van der Waals surface area contributed by atoms with Crippen molar-refractivity contribution in [1.82, 2.24) is 5.32 Å². The van der Waals surface area contributed by atoms with Crippen LogP contribution < -0.4 is 10.6 Å². The van der Waals surface area contributed by atoms with Crippen LogP contribution in [0, 0.1) is 0 Å². The SMILES string of the molecule is CNC(=O)Cc1ccc(NC(=O)COCC(=O)O)cc1. The lowest BCUT2D eigenvalue weighted by molar-refractivity contribution is -0.143. The highest BCUT2D eigenvalue weighted by molar-refractivity contribution is 5.91. The first-order chi connectivity index (χ1) is 9.51. The highest BCUT2D eigenvalue weighted by Crippen LogP contribution is 2.10. The molecular weight excluding hydrogens is 264 g/mol. The number of hydrogen-bond donors (Lipinski definition) is 3. The molecule has 108 valence electrons. The standard InChI is InChI=1S/C13H16N2O5/c1-14-11(16)6-9-2-4-10(5-3-9)15-12(17)7-20-8-13(18)19/h2-5H,6-8H2,1H3,(H,14,16)(H,15,17)(H,18,19). The molecule has 0 bridgehead atoms. The van der Waals surface area contributed by atoms with Gasteiger partial charge in [0.1, 0.15) is 13.2 Å². The van der Waals surface area contributed by atoms with Crippen molar-refractivity contribution in [2.45, 2.75) is 6.42 Å². The van der Waals surface area contributed by atoms with Gasteiger partial charge in [-0.2, -0.15) is 0 Å². The van der Waals surface area contributed by atoms with Gasteiger partial charge in [-0.05, 0) is 17.7 Å². The van der Waals surface area contributed by atoms with Crippen LogP contribution in [0.2, 0.25) is 0 Å².